The Balaban J connectivity index is 2.16. The van der Waals surface area contributed by atoms with Crippen LogP contribution in [0.15, 0.2) is 0 Å². The van der Waals surface area contributed by atoms with Gasteiger partial charge in [-0.2, -0.15) is 0 Å². The highest BCUT2D eigenvalue weighted by molar-refractivity contribution is 7.17. The predicted octanol–water partition coefficient (Wildman–Crippen LogP) is 2.40. The Bertz CT molecular complexity index is 729. The standard InChI is InChI=1S/C20H31N3O4S/c1-6-9-23(12-17(25)22(3)4)11-16(24)21-19-18(20(26)27-5)14-8-7-13(2)10-15(14)28-19/h13H,6-12H2,1-5H3,(H,21,24). The highest BCUT2D eigenvalue weighted by Crippen LogP contribution is 2.40. The SMILES string of the molecule is CCCN(CC(=O)Nc1sc2c(c1C(=O)OC)CCC(C)C2)CC(=O)N(C)C. The number of carbonyl (C=O) groups excluding carboxylic acids is 3. The van der Waals surface area contributed by atoms with E-state index in [1.54, 1.807) is 14.1 Å². The molecular formula is C20H31N3O4S. The van der Waals surface area contributed by atoms with E-state index in [-0.39, 0.29) is 24.9 Å². The molecule has 0 aromatic carbocycles. The molecule has 0 spiro atoms. The maximum atomic E-state index is 12.7. The van der Waals surface area contributed by atoms with Crippen LogP contribution in [0.25, 0.3) is 0 Å². The maximum absolute atomic E-state index is 12.7. The Kier molecular flexibility index (Phi) is 8.00. The van der Waals surface area contributed by atoms with E-state index < -0.39 is 5.97 Å². The average Bonchev–Trinajstić information content (AvgIpc) is 2.97. The molecule has 0 saturated heterocycles. The number of carbonyl (C=O) groups is 3. The molecule has 1 unspecified atom stereocenters. The monoisotopic (exact) mass is 409 g/mol. The third kappa shape index (κ3) is 5.54. The summed E-state index contributed by atoms with van der Waals surface area (Å²) in [6.45, 7) is 5.15. The van der Waals surface area contributed by atoms with Crippen LogP contribution in [0.5, 0.6) is 0 Å². The summed E-state index contributed by atoms with van der Waals surface area (Å²) in [4.78, 5) is 41.5. The van der Waals surface area contributed by atoms with Crippen molar-refractivity contribution in [2.24, 2.45) is 5.92 Å². The van der Waals surface area contributed by atoms with E-state index in [0.29, 0.717) is 23.0 Å². The number of amides is 2. The minimum atomic E-state index is -0.407. The Morgan fingerprint density at radius 3 is 2.57 bits per heavy atom. The van der Waals surface area contributed by atoms with Gasteiger partial charge in [0, 0.05) is 19.0 Å². The summed E-state index contributed by atoms with van der Waals surface area (Å²) in [6.07, 6.45) is 3.61. The van der Waals surface area contributed by atoms with Crippen LogP contribution in [-0.2, 0) is 27.2 Å². The number of hydrogen-bond donors (Lipinski definition) is 1. The van der Waals surface area contributed by atoms with Crippen LogP contribution < -0.4 is 5.32 Å². The lowest BCUT2D eigenvalue weighted by Crippen LogP contribution is -2.41. The van der Waals surface area contributed by atoms with Crippen molar-refractivity contribution in [1.82, 2.24) is 9.80 Å². The number of fused-ring (bicyclic) bond motifs is 1. The number of rotatable bonds is 8. The van der Waals surface area contributed by atoms with Gasteiger partial charge in [0.2, 0.25) is 11.8 Å². The van der Waals surface area contributed by atoms with Gasteiger partial charge < -0.3 is 15.0 Å². The van der Waals surface area contributed by atoms with Crippen LogP contribution in [-0.4, -0.2) is 68.4 Å². The van der Waals surface area contributed by atoms with Crippen LogP contribution in [0.2, 0.25) is 0 Å². The Hall–Kier alpha value is -1.93. The molecule has 156 valence electrons. The Morgan fingerprint density at radius 2 is 1.96 bits per heavy atom. The fourth-order valence-electron chi connectivity index (χ4n) is 3.39. The second-order valence-electron chi connectivity index (χ2n) is 7.59. The van der Waals surface area contributed by atoms with Crippen LogP contribution in [0, 0.1) is 5.92 Å². The summed E-state index contributed by atoms with van der Waals surface area (Å²) in [6, 6.07) is 0. The van der Waals surface area contributed by atoms with Crippen molar-refractivity contribution in [3.8, 4) is 0 Å². The van der Waals surface area contributed by atoms with Gasteiger partial charge in [-0.1, -0.05) is 13.8 Å². The van der Waals surface area contributed by atoms with E-state index >= 15 is 0 Å². The van der Waals surface area contributed by atoms with Gasteiger partial charge in [0.15, 0.2) is 0 Å². The number of anilines is 1. The zero-order valence-electron chi connectivity index (χ0n) is 17.5. The number of hydrogen-bond acceptors (Lipinski definition) is 6. The second kappa shape index (κ2) is 10.0. The highest BCUT2D eigenvalue weighted by atomic mass is 32.1. The molecule has 0 bridgehead atoms. The van der Waals surface area contributed by atoms with Gasteiger partial charge in [-0.25, -0.2) is 4.79 Å². The van der Waals surface area contributed by atoms with Gasteiger partial charge in [-0.05, 0) is 43.7 Å². The highest BCUT2D eigenvalue weighted by Gasteiger charge is 2.29. The first-order chi connectivity index (χ1) is 13.3. The van der Waals surface area contributed by atoms with Crippen molar-refractivity contribution in [3.63, 3.8) is 0 Å². The van der Waals surface area contributed by atoms with E-state index in [1.807, 2.05) is 11.8 Å². The Labute approximate surface area is 171 Å². The first kappa shape index (κ1) is 22.4. The second-order valence-corrected chi connectivity index (χ2v) is 8.70. The molecule has 2 rings (SSSR count). The summed E-state index contributed by atoms with van der Waals surface area (Å²) >= 11 is 1.47. The van der Waals surface area contributed by atoms with Crippen molar-refractivity contribution >= 4 is 34.1 Å². The van der Waals surface area contributed by atoms with E-state index in [0.717, 1.165) is 36.1 Å². The molecule has 0 fully saturated rings. The van der Waals surface area contributed by atoms with Crippen molar-refractivity contribution in [3.05, 3.63) is 16.0 Å². The molecule has 0 saturated carbocycles. The smallest absolute Gasteiger partial charge is 0.341 e. The number of ether oxygens (including phenoxy) is 1. The normalized spacial score (nSPS) is 15.9. The van der Waals surface area contributed by atoms with Crippen LogP contribution in [0.3, 0.4) is 0 Å². The molecule has 1 heterocycles. The lowest BCUT2D eigenvalue weighted by Gasteiger charge is -2.22. The quantitative estimate of drug-likeness (QED) is 0.667. The van der Waals surface area contributed by atoms with E-state index in [2.05, 4.69) is 12.2 Å². The van der Waals surface area contributed by atoms with E-state index in [4.69, 9.17) is 4.74 Å². The number of thiophene rings is 1. The van der Waals surface area contributed by atoms with E-state index in [9.17, 15) is 14.4 Å². The molecule has 1 aromatic heterocycles. The molecule has 1 aromatic rings. The molecule has 2 amide bonds. The summed E-state index contributed by atoms with van der Waals surface area (Å²) in [5.74, 6) is -0.110. The van der Waals surface area contributed by atoms with Gasteiger partial charge in [-0.3, -0.25) is 14.5 Å². The van der Waals surface area contributed by atoms with E-state index in [1.165, 1.54) is 23.3 Å². The largest absolute Gasteiger partial charge is 0.465 e. The lowest BCUT2D eigenvalue weighted by molar-refractivity contribution is -0.130. The summed E-state index contributed by atoms with van der Waals surface area (Å²) in [7, 11) is 4.76. The molecule has 28 heavy (non-hydrogen) atoms. The third-order valence-electron chi connectivity index (χ3n) is 4.92. The zero-order valence-corrected chi connectivity index (χ0v) is 18.3. The summed E-state index contributed by atoms with van der Waals surface area (Å²) in [5.41, 5.74) is 1.51. The average molecular weight is 410 g/mol. The lowest BCUT2D eigenvalue weighted by atomic mass is 9.88. The molecule has 1 N–H and O–H groups in total. The first-order valence-electron chi connectivity index (χ1n) is 9.71. The maximum Gasteiger partial charge on any atom is 0.341 e. The number of likely N-dealkylation sites (N-methyl/N-ethyl adjacent to an activating group) is 1. The molecule has 0 aliphatic heterocycles. The molecule has 1 atom stereocenters. The van der Waals surface area contributed by atoms with Gasteiger partial charge in [0.25, 0.3) is 0 Å². The number of nitrogens with one attached hydrogen (secondary N) is 1. The topological polar surface area (TPSA) is 79.0 Å². The van der Waals surface area contributed by atoms with Gasteiger partial charge >= 0.3 is 5.97 Å². The molecule has 0 radical (unpaired) electrons. The Morgan fingerprint density at radius 1 is 1.25 bits per heavy atom. The molecule has 8 heteroatoms. The molecule has 1 aliphatic carbocycles. The first-order valence-corrected chi connectivity index (χ1v) is 10.5. The number of esters is 1. The fraction of sp³-hybridized carbons (Fsp3) is 0.650. The zero-order chi connectivity index (χ0) is 20.8. The predicted molar refractivity (Wildman–Crippen MR) is 111 cm³/mol. The van der Waals surface area contributed by atoms with Gasteiger partial charge in [-0.15, -0.1) is 11.3 Å². The van der Waals surface area contributed by atoms with Crippen LogP contribution in [0.1, 0.15) is 47.5 Å². The van der Waals surface area contributed by atoms with Crippen molar-refractivity contribution in [1.29, 1.82) is 0 Å². The number of nitrogens with zero attached hydrogens (tertiary/aromatic N) is 2. The summed E-state index contributed by atoms with van der Waals surface area (Å²) in [5, 5.41) is 3.46. The van der Waals surface area contributed by atoms with Crippen molar-refractivity contribution in [2.75, 3.05) is 46.2 Å². The van der Waals surface area contributed by atoms with Crippen LogP contribution in [0.4, 0.5) is 5.00 Å². The van der Waals surface area contributed by atoms with Gasteiger partial charge in [0.1, 0.15) is 5.00 Å². The molecular weight excluding hydrogens is 378 g/mol. The minimum Gasteiger partial charge on any atom is -0.465 e. The number of methoxy groups -OCH3 is 1. The van der Waals surface area contributed by atoms with Crippen molar-refractivity contribution in [2.45, 2.75) is 39.5 Å². The molecule has 1 aliphatic rings. The fourth-order valence-corrected chi connectivity index (χ4v) is 4.80. The third-order valence-corrected chi connectivity index (χ3v) is 6.09. The van der Waals surface area contributed by atoms with Crippen molar-refractivity contribution < 1.29 is 19.1 Å². The minimum absolute atomic E-state index is 0.0444. The van der Waals surface area contributed by atoms with Gasteiger partial charge in [0.05, 0.1) is 25.8 Å². The summed E-state index contributed by atoms with van der Waals surface area (Å²) < 4.78 is 4.96. The van der Waals surface area contributed by atoms with Crippen LogP contribution >= 0.6 is 11.3 Å². The molecule has 7 nitrogen and oxygen atoms in total.